The molecule has 1 unspecified atom stereocenters. The number of aryl methyl sites for hydroxylation is 1. The normalized spacial score (nSPS) is 12.2. The number of nitrogens with two attached hydrogens (primary N) is 1. The summed E-state index contributed by atoms with van der Waals surface area (Å²) in [5.74, 6) is -0.143. The molecule has 0 saturated carbocycles. The van der Waals surface area contributed by atoms with Crippen molar-refractivity contribution >= 4 is 11.6 Å². The lowest BCUT2D eigenvalue weighted by molar-refractivity contribution is -0.116. The number of nitrogens with one attached hydrogen (secondary N) is 1. The molecule has 1 heterocycles. The minimum Gasteiger partial charge on any atom is -0.324 e. The molecule has 0 aliphatic rings. The lowest BCUT2D eigenvalue weighted by Gasteiger charge is -2.05. The highest BCUT2D eigenvalue weighted by molar-refractivity contribution is 5.90. The van der Waals surface area contributed by atoms with Gasteiger partial charge in [0, 0.05) is 5.69 Å². The van der Waals surface area contributed by atoms with Gasteiger partial charge in [0.1, 0.15) is 6.54 Å². The van der Waals surface area contributed by atoms with Gasteiger partial charge in [0.2, 0.25) is 5.91 Å². The van der Waals surface area contributed by atoms with Gasteiger partial charge in [-0.1, -0.05) is 29.8 Å². The molecule has 0 aliphatic heterocycles. The number of amides is 1. The lowest BCUT2D eigenvalue weighted by atomic mass is 10.2. The summed E-state index contributed by atoms with van der Waals surface area (Å²) in [4.78, 5) is 11.9. The number of carbonyl (C=O) groups is 1. The molecule has 6 nitrogen and oxygen atoms in total. The van der Waals surface area contributed by atoms with E-state index in [1.54, 1.807) is 6.20 Å². The Morgan fingerprint density at radius 1 is 1.40 bits per heavy atom. The first-order chi connectivity index (χ1) is 9.58. The van der Waals surface area contributed by atoms with Crippen molar-refractivity contribution < 1.29 is 4.79 Å². The maximum atomic E-state index is 11.9. The largest absolute Gasteiger partial charge is 0.324 e. The summed E-state index contributed by atoms with van der Waals surface area (Å²) in [7, 11) is 0. The Morgan fingerprint density at radius 2 is 2.10 bits per heavy atom. The molecule has 20 heavy (non-hydrogen) atoms. The van der Waals surface area contributed by atoms with Crippen molar-refractivity contribution in [2.45, 2.75) is 32.9 Å². The second-order valence-electron chi connectivity index (χ2n) is 4.77. The second-order valence-corrected chi connectivity index (χ2v) is 4.77. The summed E-state index contributed by atoms with van der Waals surface area (Å²) in [6.45, 7) is 4.10. The van der Waals surface area contributed by atoms with E-state index >= 15 is 0 Å². The van der Waals surface area contributed by atoms with Crippen molar-refractivity contribution in [1.82, 2.24) is 15.0 Å². The molecular formula is C14H19N5O. The minimum atomic E-state index is -0.143. The highest BCUT2D eigenvalue weighted by Gasteiger charge is 2.10. The number of anilines is 1. The molecule has 0 fully saturated rings. The van der Waals surface area contributed by atoms with Crippen molar-refractivity contribution in [1.29, 1.82) is 0 Å². The predicted octanol–water partition coefficient (Wildman–Crippen LogP) is 1.64. The van der Waals surface area contributed by atoms with Crippen LogP contribution in [-0.2, 0) is 11.3 Å². The van der Waals surface area contributed by atoms with Gasteiger partial charge in [-0.25, -0.2) is 4.68 Å². The average Bonchev–Trinajstić information content (AvgIpc) is 2.89. The van der Waals surface area contributed by atoms with E-state index in [1.165, 1.54) is 4.68 Å². The average molecular weight is 273 g/mol. The number of nitrogens with zero attached hydrogens (tertiary/aromatic N) is 3. The van der Waals surface area contributed by atoms with Gasteiger partial charge in [-0.05, 0) is 25.5 Å². The van der Waals surface area contributed by atoms with Crippen molar-refractivity contribution in [2.24, 2.45) is 5.73 Å². The lowest BCUT2D eigenvalue weighted by Crippen LogP contribution is -2.19. The van der Waals surface area contributed by atoms with Gasteiger partial charge < -0.3 is 11.1 Å². The van der Waals surface area contributed by atoms with Crippen molar-refractivity contribution in [3.05, 3.63) is 41.7 Å². The summed E-state index contributed by atoms with van der Waals surface area (Å²) >= 11 is 0. The van der Waals surface area contributed by atoms with Crippen LogP contribution < -0.4 is 11.1 Å². The van der Waals surface area contributed by atoms with Gasteiger partial charge in [0.15, 0.2) is 0 Å². The zero-order valence-corrected chi connectivity index (χ0v) is 11.7. The Hall–Kier alpha value is -2.21. The Balaban J connectivity index is 1.94. The van der Waals surface area contributed by atoms with Crippen LogP contribution in [0.25, 0.3) is 0 Å². The van der Waals surface area contributed by atoms with E-state index in [0.29, 0.717) is 5.69 Å². The highest BCUT2D eigenvalue weighted by atomic mass is 16.2. The molecule has 1 aromatic heterocycles. The zero-order chi connectivity index (χ0) is 14.5. The number of benzene rings is 1. The van der Waals surface area contributed by atoms with E-state index < -0.39 is 0 Å². The third kappa shape index (κ3) is 3.64. The van der Waals surface area contributed by atoms with Gasteiger partial charge >= 0.3 is 0 Å². The minimum absolute atomic E-state index is 0.122. The fourth-order valence-electron chi connectivity index (χ4n) is 1.75. The number of aromatic nitrogens is 3. The van der Waals surface area contributed by atoms with Gasteiger partial charge in [0.25, 0.3) is 0 Å². The van der Waals surface area contributed by atoms with Crippen LogP contribution in [-0.4, -0.2) is 20.9 Å². The van der Waals surface area contributed by atoms with Crippen LogP contribution >= 0.6 is 0 Å². The fourth-order valence-corrected chi connectivity index (χ4v) is 1.75. The van der Waals surface area contributed by atoms with E-state index in [0.717, 1.165) is 17.7 Å². The first-order valence-corrected chi connectivity index (χ1v) is 6.60. The smallest absolute Gasteiger partial charge is 0.246 e. The quantitative estimate of drug-likeness (QED) is 0.867. The van der Waals surface area contributed by atoms with E-state index in [-0.39, 0.29) is 18.5 Å². The van der Waals surface area contributed by atoms with Crippen LogP contribution in [0.1, 0.15) is 30.6 Å². The molecule has 0 spiro atoms. The molecule has 106 valence electrons. The number of hydrogen-bond donors (Lipinski definition) is 2. The molecule has 0 saturated heterocycles. The molecule has 0 aliphatic carbocycles. The van der Waals surface area contributed by atoms with E-state index in [4.69, 9.17) is 5.73 Å². The highest BCUT2D eigenvalue weighted by Crippen LogP contribution is 2.10. The Labute approximate surface area is 118 Å². The number of carbonyl (C=O) groups excluding carboxylic acids is 1. The molecule has 2 aromatic rings. The van der Waals surface area contributed by atoms with Crippen LogP contribution in [0.3, 0.4) is 0 Å². The molecule has 6 heteroatoms. The molecule has 3 N–H and O–H groups in total. The first-order valence-electron chi connectivity index (χ1n) is 6.60. The van der Waals surface area contributed by atoms with Gasteiger partial charge in [-0.3, -0.25) is 4.79 Å². The predicted molar refractivity (Wildman–Crippen MR) is 77.1 cm³/mol. The summed E-state index contributed by atoms with van der Waals surface area (Å²) in [5, 5.41) is 10.7. The SMILES string of the molecule is CCC(N)c1cn(CC(=O)Nc2ccc(C)cc2)nn1. The van der Waals surface area contributed by atoms with Crippen LogP contribution in [0.4, 0.5) is 5.69 Å². The topological polar surface area (TPSA) is 85.8 Å². The Kier molecular flexibility index (Phi) is 4.47. The van der Waals surface area contributed by atoms with E-state index in [9.17, 15) is 4.79 Å². The van der Waals surface area contributed by atoms with Crippen molar-refractivity contribution in [2.75, 3.05) is 5.32 Å². The number of rotatable bonds is 5. The molecular weight excluding hydrogens is 254 g/mol. The fraction of sp³-hybridized carbons (Fsp3) is 0.357. The zero-order valence-electron chi connectivity index (χ0n) is 11.7. The monoisotopic (exact) mass is 273 g/mol. The van der Waals surface area contributed by atoms with Crippen molar-refractivity contribution in [3.63, 3.8) is 0 Å². The second kappa shape index (κ2) is 6.29. The summed E-state index contributed by atoms with van der Waals surface area (Å²) < 4.78 is 1.49. The summed E-state index contributed by atoms with van der Waals surface area (Å²) in [6.07, 6.45) is 2.50. The molecule has 0 radical (unpaired) electrons. The molecule has 1 amide bonds. The summed E-state index contributed by atoms with van der Waals surface area (Å²) in [6, 6.07) is 7.50. The van der Waals surface area contributed by atoms with Crippen LogP contribution in [0.15, 0.2) is 30.5 Å². The Morgan fingerprint density at radius 3 is 2.75 bits per heavy atom. The van der Waals surface area contributed by atoms with Crippen LogP contribution in [0, 0.1) is 6.92 Å². The van der Waals surface area contributed by atoms with E-state index in [1.807, 2.05) is 38.1 Å². The molecule has 1 atom stereocenters. The maximum Gasteiger partial charge on any atom is 0.246 e. The van der Waals surface area contributed by atoms with Crippen molar-refractivity contribution in [3.8, 4) is 0 Å². The van der Waals surface area contributed by atoms with E-state index in [2.05, 4.69) is 15.6 Å². The standard InChI is InChI=1S/C14H19N5O/c1-3-12(15)13-8-19(18-17-13)9-14(20)16-11-6-4-10(2)5-7-11/h4-8,12H,3,9,15H2,1-2H3,(H,16,20). The Bertz CT molecular complexity index is 576. The summed E-state index contributed by atoms with van der Waals surface area (Å²) in [5.41, 5.74) is 8.48. The first kappa shape index (κ1) is 14.2. The van der Waals surface area contributed by atoms with Gasteiger partial charge in [0.05, 0.1) is 17.9 Å². The van der Waals surface area contributed by atoms with Crippen LogP contribution in [0.2, 0.25) is 0 Å². The number of hydrogen-bond acceptors (Lipinski definition) is 4. The maximum absolute atomic E-state index is 11.9. The third-order valence-electron chi connectivity index (χ3n) is 3.02. The van der Waals surface area contributed by atoms with Gasteiger partial charge in [-0.2, -0.15) is 0 Å². The van der Waals surface area contributed by atoms with Crippen LogP contribution in [0.5, 0.6) is 0 Å². The molecule has 0 bridgehead atoms. The molecule has 2 rings (SSSR count). The van der Waals surface area contributed by atoms with Gasteiger partial charge in [-0.15, -0.1) is 5.10 Å². The molecule has 1 aromatic carbocycles. The third-order valence-corrected chi connectivity index (χ3v) is 3.02.